The highest BCUT2D eigenvalue weighted by Crippen LogP contribution is 2.27. The molecular formula is C17H23FN2. The van der Waals surface area contributed by atoms with E-state index >= 15 is 0 Å². The Morgan fingerprint density at radius 2 is 1.90 bits per heavy atom. The lowest BCUT2D eigenvalue weighted by Gasteiger charge is -2.27. The Labute approximate surface area is 120 Å². The SMILES string of the molecule is CC(C)n1c(CN2CCCCC2)cc2cccc(F)c21. The van der Waals surface area contributed by atoms with E-state index in [2.05, 4.69) is 29.4 Å². The van der Waals surface area contributed by atoms with Crippen molar-refractivity contribution in [1.29, 1.82) is 0 Å². The number of hydrogen-bond donors (Lipinski definition) is 0. The van der Waals surface area contributed by atoms with Gasteiger partial charge in [-0.25, -0.2) is 4.39 Å². The van der Waals surface area contributed by atoms with Gasteiger partial charge in [0.15, 0.2) is 0 Å². The summed E-state index contributed by atoms with van der Waals surface area (Å²) < 4.78 is 16.3. The summed E-state index contributed by atoms with van der Waals surface area (Å²) in [5.41, 5.74) is 2.00. The van der Waals surface area contributed by atoms with Crippen molar-refractivity contribution in [3.05, 3.63) is 35.8 Å². The van der Waals surface area contributed by atoms with Crippen LogP contribution < -0.4 is 0 Å². The fraction of sp³-hybridized carbons (Fsp3) is 0.529. The lowest BCUT2D eigenvalue weighted by atomic mass is 10.1. The van der Waals surface area contributed by atoms with E-state index < -0.39 is 0 Å². The first kappa shape index (κ1) is 13.6. The summed E-state index contributed by atoms with van der Waals surface area (Å²) in [4.78, 5) is 2.49. The number of piperidine rings is 1. The number of para-hydroxylation sites is 1. The Hall–Kier alpha value is -1.35. The maximum atomic E-state index is 14.2. The summed E-state index contributed by atoms with van der Waals surface area (Å²) in [6, 6.07) is 7.81. The number of rotatable bonds is 3. The van der Waals surface area contributed by atoms with Gasteiger partial charge in [-0.3, -0.25) is 4.90 Å². The molecule has 1 aromatic carbocycles. The predicted molar refractivity (Wildman–Crippen MR) is 81.4 cm³/mol. The van der Waals surface area contributed by atoms with Crippen molar-refractivity contribution in [3.63, 3.8) is 0 Å². The largest absolute Gasteiger partial charge is 0.338 e. The molecule has 1 aromatic heterocycles. The molecule has 0 unspecified atom stereocenters. The molecule has 20 heavy (non-hydrogen) atoms. The van der Waals surface area contributed by atoms with Crippen molar-refractivity contribution in [2.75, 3.05) is 13.1 Å². The van der Waals surface area contributed by atoms with Crippen LogP contribution in [0.3, 0.4) is 0 Å². The Morgan fingerprint density at radius 3 is 2.60 bits per heavy atom. The minimum absolute atomic E-state index is 0.110. The van der Waals surface area contributed by atoms with E-state index in [1.165, 1.54) is 38.0 Å². The van der Waals surface area contributed by atoms with Crippen LogP contribution in [0.15, 0.2) is 24.3 Å². The van der Waals surface area contributed by atoms with E-state index in [1.54, 1.807) is 12.1 Å². The van der Waals surface area contributed by atoms with Crippen molar-refractivity contribution in [3.8, 4) is 0 Å². The summed E-state index contributed by atoms with van der Waals surface area (Å²) in [5.74, 6) is -0.110. The molecule has 0 aliphatic carbocycles. The molecule has 2 aromatic rings. The normalized spacial score (nSPS) is 17.2. The molecule has 2 heterocycles. The Bertz CT molecular complexity index is 594. The molecule has 1 saturated heterocycles. The molecule has 3 rings (SSSR count). The van der Waals surface area contributed by atoms with Gasteiger partial charge in [-0.05, 0) is 51.9 Å². The predicted octanol–water partition coefficient (Wildman–Crippen LogP) is 4.35. The van der Waals surface area contributed by atoms with Gasteiger partial charge >= 0.3 is 0 Å². The van der Waals surface area contributed by atoms with Crippen LogP contribution in [0, 0.1) is 5.82 Å². The second kappa shape index (κ2) is 5.57. The molecule has 1 fully saturated rings. The lowest BCUT2D eigenvalue weighted by Crippen LogP contribution is -2.30. The average molecular weight is 274 g/mol. The highest BCUT2D eigenvalue weighted by molar-refractivity contribution is 5.82. The van der Waals surface area contributed by atoms with Crippen LogP contribution in [0.5, 0.6) is 0 Å². The van der Waals surface area contributed by atoms with Crippen LogP contribution in [-0.2, 0) is 6.54 Å². The third-order valence-electron chi connectivity index (χ3n) is 4.24. The molecule has 0 saturated carbocycles. The van der Waals surface area contributed by atoms with Crippen molar-refractivity contribution in [2.24, 2.45) is 0 Å². The van der Waals surface area contributed by atoms with Gasteiger partial charge in [0.25, 0.3) is 0 Å². The van der Waals surface area contributed by atoms with E-state index in [0.717, 1.165) is 17.4 Å². The summed E-state index contributed by atoms with van der Waals surface area (Å²) in [6.07, 6.45) is 3.92. The smallest absolute Gasteiger partial charge is 0.147 e. The number of benzene rings is 1. The fourth-order valence-electron chi connectivity index (χ4n) is 3.35. The van der Waals surface area contributed by atoms with Crippen molar-refractivity contribution >= 4 is 10.9 Å². The summed E-state index contributed by atoms with van der Waals surface area (Å²) >= 11 is 0. The van der Waals surface area contributed by atoms with E-state index in [4.69, 9.17) is 0 Å². The van der Waals surface area contributed by atoms with Gasteiger partial charge in [0.1, 0.15) is 5.82 Å². The topological polar surface area (TPSA) is 8.17 Å². The van der Waals surface area contributed by atoms with Crippen LogP contribution in [0.1, 0.15) is 44.8 Å². The first-order chi connectivity index (χ1) is 9.66. The van der Waals surface area contributed by atoms with Gasteiger partial charge in [0, 0.05) is 23.7 Å². The zero-order valence-corrected chi connectivity index (χ0v) is 12.4. The van der Waals surface area contributed by atoms with Crippen LogP contribution in [0.4, 0.5) is 4.39 Å². The molecule has 0 amide bonds. The zero-order valence-electron chi connectivity index (χ0n) is 12.4. The van der Waals surface area contributed by atoms with E-state index in [1.807, 2.05) is 6.07 Å². The Morgan fingerprint density at radius 1 is 1.15 bits per heavy atom. The number of nitrogens with zero attached hydrogens (tertiary/aromatic N) is 2. The van der Waals surface area contributed by atoms with Gasteiger partial charge in [0.05, 0.1) is 5.52 Å². The molecule has 1 aliphatic rings. The molecular weight excluding hydrogens is 251 g/mol. The molecule has 2 nitrogen and oxygen atoms in total. The zero-order chi connectivity index (χ0) is 14.1. The monoisotopic (exact) mass is 274 g/mol. The van der Waals surface area contributed by atoms with Crippen molar-refractivity contribution in [1.82, 2.24) is 9.47 Å². The third kappa shape index (κ3) is 2.47. The Balaban J connectivity index is 2.01. The standard InChI is InChI=1S/C17H23FN2/c1-13(2)20-15(12-19-9-4-3-5-10-19)11-14-7-6-8-16(18)17(14)20/h6-8,11,13H,3-5,9-10,12H2,1-2H3. The Kier molecular flexibility index (Phi) is 3.79. The molecule has 1 aliphatic heterocycles. The minimum Gasteiger partial charge on any atom is -0.338 e. The maximum Gasteiger partial charge on any atom is 0.147 e. The van der Waals surface area contributed by atoms with Crippen LogP contribution in [0.2, 0.25) is 0 Å². The van der Waals surface area contributed by atoms with Crippen molar-refractivity contribution < 1.29 is 4.39 Å². The number of aromatic nitrogens is 1. The van der Waals surface area contributed by atoms with E-state index in [-0.39, 0.29) is 11.9 Å². The van der Waals surface area contributed by atoms with Gasteiger partial charge in [-0.1, -0.05) is 18.6 Å². The maximum absolute atomic E-state index is 14.2. The lowest BCUT2D eigenvalue weighted by molar-refractivity contribution is 0.215. The summed E-state index contributed by atoms with van der Waals surface area (Å²) in [7, 11) is 0. The van der Waals surface area contributed by atoms with Gasteiger partial charge in [0.2, 0.25) is 0 Å². The average Bonchev–Trinajstić information content (AvgIpc) is 2.79. The number of fused-ring (bicyclic) bond motifs is 1. The van der Waals surface area contributed by atoms with Crippen LogP contribution >= 0.6 is 0 Å². The molecule has 0 bridgehead atoms. The molecule has 0 radical (unpaired) electrons. The quantitative estimate of drug-likeness (QED) is 0.808. The van der Waals surface area contributed by atoms with Gasteiger partial charge < -0.3 is 4.57 Å². The first-order valence-corrected chi connectivity index (χ1v) is 7.67. The highest BCUT2D eigenvalue weighted by atomic mass is 19.1. The molecule has 3 heteroatoms. The van der Waals surface area contributed by atoms with Crippen LogP contribution in [0.25, 0.3) is 10.9 Å². The van der Waals surface area contributed by atoms with Gasteiger partial charge in [-0.2, -0.15) is 0 Å². The first-order valence-electron chi connectivity index (χ1n) is 7.67. The fourth-order valence-corrected chi connectivity index (χ4v) is 3.35. The highest BCUT2D eigenvalue weighted by Gasteiger charge is 2.18. The van der Waals surface area contributed by atoms with Crippen LogP contribution in [-0.4, -0.2) is 22.6 Å². The molecule has 0 spiro atoms. The van der Waals surface area contributed by atoms with E-state index in [9.17, 15) is 4.39 Å². The number of hydrogen-bond acceptors (Lipinski definition) is 1. The molecule has 0 N–H and O–H groups in total. The second-order valence-corrected chi connectivity index (χ2v) is 6.11. The minimum atomic E-state index is -0.110. The van der Waals surface area contributed by atoms with Gasteiger partial charge in [-0.15, -0.1) is 0 Å². The summed E-state index contributed by atoms with van der Waals surface area (Å²) in [5, 5.41) is 1.02. The number of halogens is 1. The van der Waals surface area contributed by atoms with Crippen molar-refractivity contribution in [2.45, 2.75) is 45.7 Å². The third-order valence-corrected chi connectivity index (χ3v) is 4.24. The molecule has 108 valence electrons. The second-order valence-electron chi connectivity index (χ2n) is 6.11. The number of likely N-dealkylation sites (tertiary alicyclic amines) is 1. The summed E-state index contributed by atoms with van der Waals surface area (Å²) in [6.45, 7) is 7.54. The molecule has 0 atom stereocenters. The van der Waals surface area contributed by atoms with E-state index in [0.29, 0.717) is 0 Å².